The van der Waals surface area contributed by atoms with Crippen molar-refractivity contribution in [3.63, 3.8) is 0 Å². The summed E-state index contributed by atoms with van der Waals surface area (Å²) in [5, 5.41) is 5.46. The van der Waals surface area contributed by atoms with Crippen LogP contribution in [-0.2, 0) is 41.4 Å². The van der Waals surface area contributed by atoms with E-state index in [2.05, 4.69) is 57.0 Å². The number of nitrogens with one attached hydrogen (secondary N) is 4. The molecule has 346 valence electrons. The van der Waals surface area contributed by atoms with Gasteiger partial charge in [0, 0.05) is 18.5 Å². The fourth-order valence-corrected chi connectivity index (χ4v) is 11.1. The van der Waals surface area contributed by atoms with Crippen LogP contribution >= 0.6 is 0 Å². The first-order valence-electron chi connectivity index (χ1n) is 23.2. The highest BCUT2D eigenvalue weighted by atomic mass is 16.7. The number of hydrogen-bond donors (Lipinski definition) is 4. The minimum atomic E-state index is -0.936. The molecular formula is C49H62N8O8. The van der Waals surface area contributed by atoms with E-state index >= 15 is 0 Å². The number of alkyl carbamates (subject to hydrolysis) is 2. The van der Waals surface area contributed by atoms with Crippen molar-refractivity contribution < 1.29 is 38.1 Å². The number of H-pyrrole nitrogens is 2. The van der Waals surface area contributed by atoms with Crippen LogP contribution in [0, 0.1) is 17.3 Å². The monoisotopic (exact) mass is 890 g/mol. The zero-order chi connectivity index (χ0) is 45.6. The Hall–Kier alpha value is -5.74. The highest BCUT2D eigenvalue weighted by Crippen LogP contribution is 2.53. The second-order valence-electron chi connectivity index (χ2n) is 19.3. The van der Waals surface area contributed by atoms with E-state index in [0.717, 1.165) is 59.6 Å². The number of amides is 4. The van der Waals surface area contributed by atoms with Gasteiger partial charge in [0.05, 0.1) is 69.8 Å². The Morgan fingerprint density at radius 1 is 0.708 bits per heavy atom. The number of hydrogen-bond acceptors (Lipinski definition) is 10. The highest BCUT2D eigenvalue weighted by molar-refractivity contribution is 5.87. The van der Waals surface area contributed by atoms with Gasteiger partial charge in [-0.3, -0.25) is 9.59 Å². The third-order valence-corrected chi connectivity index (χ3v) is 14.5. The van der Waals surface area contributed by atoms with Gasteiger partial charge >= 0.3 is 12.2 Å². The third kappa shape index (κ3) is 8.50. The van der Waals surface area contributed by atoms with Crippen LogP contribution in [0.2, 0.25) is 0 Å². The van der Waals surface area contributed by atoms with Gasteiger partial charge in [-0.2, -0.15) is 0 Å². The fraction of sp³-hybridized carbons (Fsp3) is 0.551. The average Bonchev–Trinajstić information content (AvgIpc) is 4.17. The molecule has 0 unspecified atom stereocenters. The van der Waals surface area contributed by atoms with Crippen LogP contribution in [0.4, 0.5) is 9.59 Å². The van der Waals surface area contributed by atoms with Crippen molar-refractivity contribution in [1.82, 2.24) is 40.4 Å². The number of methoxy groups -OCH3 is 2. The number of benzene rings is 2. The lowest BCUT2D eigenvalue weighted by Gasteiger charge is -2.30. The molecule has 16 nitrogen and oxygen atoms in total. The van der Waals surface area contributed by atoms with Gasteiger partial charge in [0.15, 0.2) is 5.79 Å². The Morgan fingerprint density at radius 3 is 1.86 bits per heavy atom. The van der Waals surface area contributed by atoms with Crippen LogP contribution in [0.15, 0.2) is 48.8 Å². The summed E-state index contributed by atoms with van der Waals surface area (Å²) >= 11 is 0. The molecule has 0 radical (unpaired) electrons. The smallest absolute Gasteiger partial charge is 0.407 e. The molecule has 65 heavy (non-hydrogen) atoms. The molecular weight excluding hydrogens is 829 g/mol. The molecule has 4 aromatic rings. The lowest BCUT2D eigenvalue weighted by Crippen LogP contribution is -2.52. The largest absolute Gasteiger partial charge is 0.453 e. The predicted octanol–water partition coefficient (Wildman–Crippen LogP) is 7.23. The second kappa shape index (κ2) is 17.9. The van der Waals surface area contributed by atoms with Crippen LogP contribution in [0.25, 0.3) is 33.6 Å². The minimum Gasteiger partial charge on any atom is -0.453 e. The molecule has 4 amide bonds. The summed E-state index contributed by atoms with van der Waals surface area (Å²) in [6.07, 6.45) is 11.5. The summed E-state index contributed by atoms with van der Waals surface area (Å²) in [7, 11) is 2.59. The van der Waals surface area contributed by atoms with Crippen LogP contribution in [0.1, 0.15) is 108 Å². The normalized spacial score (nSPS) is 21.7. The van der Waals surface area contributed by atoms with Crippen LogP contribution in [-0.4, -0.2) is 112 Å². The number of aromatic amines is 2. The molecule has 1 saturated carbocycles. The molecule has 2 aliphatic carbocycles. The Morgan fingerprint density at radius 2 is 1.25 bits per heavy atom. The van der Waals surface area contributed by atoms with Crippen molar-refractivity contribution in [3.05, 3.63) is 71.6 Å². The van der Waals surface area contributed by atoms with Crippen molar-refractivity contribution in [2.24, 2.45) is 17.3 Å². The zero-order valence-electron chi connectivity index (χ0n) is 38.3. The van der Waals surface area contributed by atoms with Crippen LogP contribution in [0.3, 0.4) is 0 Å². The van der Waals surface area contributed by atoms with E-state index in [-0.39, 0.29) is 41.7 Å². The fourth-order valence-electron chi connectivity index (χ4n) is 11.1. The molecule has 0 bridgehead atoms. The summed E-state index contributed by atoms with van der Waals surface area (Å²) in [5.74, 6) is -0.235. The Labute approximate surface area is 379 Å². The van der Waals surface area contributed by atoms with E-state index in [1.165, 1.54) is 56.6 Å². The Kier molecular flexibility index (Phi) is 12.3. The molecule has 16 heteroatoms. The summed E-state index contributed by atoms with van der Waals surface area (Å²) in [5.41, 5.74) is 9.28. The maximum absolute atomic E-state index is 14.1. The highest BCUT2D eigenvalue weighted by Gasteiger charge is 2.53. The van der Waals surface area contributed by atoms with Gasteiger partial charge in [-0.1, -0.05) is 76.9 Å². The summed E-state index contributed by atoms with van der Waals surface area (Å²) in [6, 6.07) is 10.9. The molecule has 4 atom stereocenters. The number of ether oxygens (including phenoxy) is 4. The molecule has 4 fully saturated rings. The molecule has 4 N–H and O–H groups in total. The standard InChI is InChI=1S/C49H62N8O8/c1-28(2)40(54-46(60)62-5)44(58)56-19-9-10-38(56)42-51-26-37(53-42)33-16-15-32(34-22-48(23-35(33)34)17-7-8-18-48)30-11-13-31(14-12-30)36-25-50-43(52-36)39-24-49(64-20-21-65-49)27-57(39)45(59)41(29(3)4)55-47(61)63-6/h11-16,25-26,28-29,38-41H,7-10,17-24,27H2,1-6H3,(H,50,52)(H,51,53)(H,54,60)(H,55,61)/t38-,39-,40-,41-/m0/s1. The molecule has 3 saturated heterocycles. The van der Waals surface area contributed by atoms with E-state index in [1.54, 1.807) is 11.1 Å². The summed E-state index contributed by atoms with van der Waals surface area (Å²) < 4.78 is 21.8. The number of carbonyl (C=O) groups is 4. The predicted molar refractivity (Wildman–Crippen MR) is 241 cm³/mol. The maximum atomic E-state index is 14.1. The van der Waals surface area contributed by atoms with E-state index in [4.69, 9.17) is 28.9 Å². The van der Waals surface area contributed by atoms with Gasteiger partial charge in [-0.05, 0) is 83.6 Å². The van der Waals surface area contributed by atoms with Crippen LogP contribution in [0.5, 0.6) is 0 Å². The molecule has 2 spiro atoms. The van der Waals surface area contributed by atoms with E-state index < -0.39 is 36.1 Å². The van der Waals surface area contributed by atoms with Crippen molar-refractivity contribution in [3.8, 4) is 33.6 Å². The Bertz CT molecular complexity index is 2410. The molecule has 5 heterocycles. The quantitative estimate of drug-likeness (QED) is 0.119. The van der Waals surface area contributed by atoms with Crippen LogP contribution < -0.4 is 10.6 Å². The lowest BCUT2D eigenvalue weighted by atomic mass is 9.82. The SMILES string of the molecule is COC(=O)N[C@H](C(=O)N1CC2(C[C@H]1c1ncc(-c3ccc(-c4ccc(-c5cnc([C@@H]6CCCN6C(=O)[C@@H](NC(=O)OC)C(C)C)[nH]5)c5c4CC4(CCCC4)C5)cc3)[nH]1)OCCO2)C(C)C. The molecule has 2 aromatic heterocycles. The third-order valence-electron chi connectivity index (χ3n) is 14.5. The van der Waals surface area contributed by atoms with Gasteiger partial charge < -0.3 is 49.3 Å². The number of fused-ring (bicyclic) bond motifs is 1. The zero-order valence-corrected chi connectivity index (χ0v) is 38.3. The van der Waals surface area contributed by atoms with Gasteiger partial charge in [0.1, 0.15) is 23.7 Å². The first kappa shape index (κ1) is 44.5. The molecule has 3 aliphatic heterocycles. The van der Waals surface area contributed by atoms with Gasteiger partial charge in [0.2, 0.25) is 11.8 Å². The molecule has 5 aliphatic rings. The number of rotatable bonds is 11. The number of carbonyl (C=O) groups excluding carboxylic acids is 4. The number of nitrogens with zero attached hydrogens (tertiary/aromatic N) is 4. The van der Waals surface area contributed by atoms with Crippen molar-refractivity contribution in [2.75, 3.05) is 40.5 Å². The number of aromatic nitrogens is 4. The summed E-state index contributed by atoms with van der Waals surface area (Å²) in [6.45, 7) is 9.31. The Balaban J connectivity index is 0.969. The molecule has 9 rings (SSSR count). The van der Waals surface area contributed by atoms with Crippen molar-refractivity contribution in [1.29, 1.82) is 0 Å². The van der Waals surface area contributed by atoms with E-state index in [1.807, 2.05) is 38.8 Å². The van der Waals surface area contributed by atoms with Crippen molar-refractivity contribution in [2.45, 2.75) is 115 Å². The second-order valence-corrected chi connectivity index (χ2v) is 19.3. The lowest BCUT2D eigenvalue weighted by molar-refractivity contribution is -0.153. The van der Waals surface area contributed by atoms with Gasteiger partial charge in [0.25, 0.3) is 0 Å². The maximum Gasteiger partial charge on any atom is 0.407 e. The molecule has 2 aromatic carbocycles. The average molecular weight is 891 g/mol. The van der Waals surface area contributed by atoms with Gasteiger partial charge in [-0.15, -0.1) is 0 Å². The van der Waals surface area contributed by atoms with Crippen molar-refractivity contribution >= 4 is 24.0 Å². The first-order chi connectivity index (χ1) is 31.3. The van der Waals surface area contributed by atoms with E-state index in [0.29, 0.717) is 32.0 Å². The number of likely N-dealkylation sites (tertiary alicyclic amines) is 2. The minimum absolute atomic E-state index is 0.112. The number of imidazole rings is 2. The van der Waals surface area contributed by atoms with E-state index in [9.17, 15) is 19.2 Å². The topological polar surface area (TPSA) is 193 Å². The van der Waals surface area contributed by atoms with Gasteiger partial charge in [-0.25, -0.2) is 19.6 Å². The first-order valence-corrected chi connectivity index (χ1v) is 23.2. The summed E-state index contributed by atoms with van der Waals surface area (Å²) in [4.78, 5) is 72.8.